The van der Waals surface area contributed by atoms with Crippen LogP contribution in [0.4, 0.5) is 0 Å². The number of aryl methyl sites for hydroxylation is 1. The average Bonchev–Trinajstić information content (AvgIpc) is 2.39. The van der Waals surface area contributed by atoms with E-state index in [1.165, 1.54) is 19.3 Å². The summed E-state index contributed by atoms with van der Waals surface area (Å²) in [6, 6.07) is 4.44. The number of aliphatic hydroxyl groups excluding tert-OH is 1. The maximum atomic E-state index is 9.65. The first-order valence-electron chi connectivity index (χ1n) is 7.52. The van der Waals surface area contributed by atoms with Gasteiger partial charge < -0.3 is 9.84 Å². The molecule has 20 heavy (non-hydrogen) atoms. The molecule has 0 aliphatic carbocycles. The number of aliphatic hydroxyl groups is 1. The Bertz CT molecular complexity index is 434. The van der Waals surface area contributed by atoms with Crippen LogP contribution in [0, 0.1) is 6.92 Å². The van der Waals surface area contributed by atoms with Crippen molar-refractivity contribution in [1.82, 2.24) is 9.88 Å². The smallest absolute Gasteiger partial charge is 0.122 e. The van der Waals surface area contributed by atoms with Crippen molar-refractivity contribution in [2.24, 2.45) is 0 Å². The summed E-state index contributed by atoms with van der Waals surface area (Å²) in [5.74, 6) is 0.872. The van der Waals surface area contributed by atoms with Gasteiger partial charge >= 0.3 is 0 Å². The Kier molecular flexibility index (Phi) is 5.38. The topological polar surface area (TPSA) is 45.6 Å². The number of hydrogen-bond donors (Lipinski definition) is 1. The van der Waals surface area contributed by atoms with Crippen LogP contribution in [0.25, 0.3) is 0 Å². The zero-order valence-corrected chi connectivity index (χ0v) is 12.8. The van der Waals surface area contributed by atoms with Gasteiger partial charge in [0.1, 0.15) is 5.75 Å². The first-order valence-corrected chi connectivity index (χ1v) is 7.52. The van der Waals surface area contributed by atoms with Gasteiger partial charge in [0.05, 0.1) is 18.9 Å². The Labute approximate surface area is 121 Å². The number of pyridine rings is 1. The van der Waals surface area contributed by atoms with Crippen molar-refractivity contribution in [2.45, 2.75) is 58.2 Å². The summed E-state index contributed by atoms with van der Waals surface area (Å²) in [4.78, 5) is 7.06. The van der Waals surface area contributed by atoms with Crippen LogP contribution in [0.2, 0.25) is 0 Å². The molecule has 112 valence electrons. The first-order chi connectivity index (χ1) is 9.58. The van der Waals surface area contributed by atoms with Crippen molar-refractivity contribution in [1.29, 1.82) is 0 Å². The second-order valence-corrected chi connectivity index (χ2v) is 5.84. The fourth-order valence-corrected chi connectivity index (χ4v) is 3.04. The van der Waals surface area contributed by atoms with Gasteiger partial charge in [-0.15, -0.1) is 0 Å². The molecule has 4 nitrogen and oxygen atoms in total. The summed E-state index contributed by atoms with van der Waals surface area (Å²) in [6.45, 7) is 5.81. The Morgan fingerprint density at radius 1 is 1.45 bits per heavy atom. The van der Waals surface area contributed by atoms with Gasteiger partial charge in [-0.25, -0.2) is 0 Å². The van der Waals surface area contributed by atoms with E-state index in [9.17, 15) is 5.11 Å². The molecular weight excluding hydrogens is 252 g/mol. The van der Waals surface area contributed by atoms with Gasteiger partial charge in [0.2, 0.25) is 0 Å². The number of ether oxygens (including phenoxy) is 1. The Balaban J connectivity index is 2.08. The molecule has 0 aromatic carbocycles. The van der Waals surface area contributed by atoms with Gasteiger partial charge in [-0.1, -0.05) is 6.42 Å². The van der Waals surface area contributed by atoms with E-state index in [4.69, 9.17) is 4.74 Å². The van der Waals surface area contributed by atoms with Crippen molar-refractivity contribution >= 4 is 0 Å². The predicted octanol–water partition coefficient (Wildman–Crippen LogP) is 2.52. The first kappa shape index (κ1) is 15.3. The lowest BCUT2D eigenvalue weighted by Crippen LogP contribution is -2.40. The van der Waals surface area contributed by atoms with Crippen LogP contribution >= 0.6 is 0 Å². The number of rotatable bonds is 5. The molecular formula is C16H26N2O2. The summed E-state index contributed by atoms with van der Waals surface area (Å²) in [5, 5.41) is 9.65. The molecule has 1 saturated heterocycles. The zero-order valence-electron chi connectivity index (χ0n) is 12.8. The van der Waals surface area contributed by atoms with E-state index < -0.39 is 0 Å². The van der Waals surface area contributed by atoms with E-state index in [-0.39, 0.29) is 6.10 Å². The molecule has 0 spiro atoms. The maximum absolute atomic E-state index is 9.65. The molecule has 2 unspecified atom stereocenters. The third-order valence-corrected chi connectivity index (χ3v) is 3.94. The van der Waals surface area contributed by atoms with E-state index >= 15 is 0 Å². The highest BCUT2D eigenvalue weighted by Gasteiger charge is 2.24. The molecule has 0 radical (unpaired) electrons. The van der Waals surface area contributed by atoms with Crippen molar-refractivity contribution in [2.75, 3.05) is 13.7 Å². The molecule has 1 aliphatic rings. The van der Waals surface area contributed by atoms with Crippen molar-refractivity contribution in [3.05, 3.63) is 23.5 Å². The van der Waals surface area contributed by atoms with Gasteiger partial charge in [0.25, 0.3) is 0 Å². The Morgan fingerprint density at radius 2 is 2.25 bits per heavy atom. The molecule has 0 bridgehead atoms. The van der Waals surface area contributed by atoms with E-state index in [1.54, 1.807) is 7.11 Å². The second-order valence-electron chi connectivity index (χ2n) is 5.84. The lowest BCUT2D eigenvalue weighted by molar-refractivity contribution is 0.0808. The predicted molar refractivity (Wildman–Crippen MR) is 79.9 cm³/mol. The largest absolute Gasteiger partial charge is 0.497 e. The van der Waals surface area contributed by atoms with Crippen LogP contribution < -0.4 is 4.74 Å². The maximum Gasteiger partial charge on any atom is 0.122 e. The van der Waals surface area contributed by atoms with Crippen molar-refractivity contribution < 1.29 is 9.84 Å². The Morgan fingerprint density at radius 3 is 2.95 bits per heavy atom. The quantitative estimate of drug-likeness (QED) is 0.899. The normalized spacial score (nSPS) is 21.7. The van der Waals surface area contributed by atoms with Crippen LogP contribution in [0.3, 0.4) is 0 Å². The van der Waals surface area contributed by atoms with E-state index in [2.05, 4.69) is 9.88 Å². The molecule has 1 aliphatic heterocycles. The van der Waals surface area contributed by atoms with Crippen molar-refractivity contribution in [3.8, 4) is 5.75 Å². The average molecular weight is 278 g/mol. The molecule has 4 heteroatoms. The molecule has 0 amide bonds. The third-order valence-electron chi connectivity index (χ3n) is 3.94. The molecule has 2 heterocycles. The summed E-state index contributed by atoms with van der Waals surface area (Å²) >= 11 is 0. The number of nitrogens with zero attached hydrogens (tertiary/aromatic N) is 2. The molecule has 1 aromatic heterocycles. The van der Waals surface area contributed by atoms with Gasteiger partial charge in [-0.3, -0.25) is 9.88 Å². The number of hydrogen-bond acceptors (Lipinski definition) is 4. The number of methoxy groups -OCH3 is 1. The van der Waals surface area contributed by atoms with Crippen molar-refractivity contribution in [3.63, 3.8) is 0 Å². The van der Waals surface area contributed by atoms with Crippen LogP contribution in [0.15, 0.2) is 12.1 Å². The minimum absolute atomic E-state index is 0.236. The molecule has 1 fully saturated rings. The zero-order chi connectivity index (χ0) is 14.5. The molecule has 2 atom stereocenters. The summed E-state index contributed by atoms with van der Waals surface area (Å²) in [5.41, 5.74) is 2.04. The molecule has 0 saturated carbocycles. The van der Waals surface area contributed by atoms with Gasteiger partial charge in [-0.05, 0) is 39.7 Å². The van der Waals surface area contributed by atoms with Gasteiger partial charge in [-0.2, -0.15) is 0 Å². The minimum Gasteiger partial charge on any atom is -0.497 e. The van der Waals surface area contributed by atoms with E-state index in [1.807, 2.05) is 26.0 Å². The third kappa shape index (κ3) is 4.18. The number of aromatic nitrogens is 1. The molecule has 2 rings (SSSR count). The Hall–Kier alpha value is -1.13. The number of piperidine rings is 1. The summed E-state index contributed by atoms with van der Waals surface area (Å²) < 4.78 is 5.32. The highest BCUT2D eigenvalue weighted by atomic mass is 16.5. The molecule has 1 aromatic rings. The highest BCUT2D eigenvalue weighted by Crippen LogP contribution is 2.24. The SMILES string of the molecule is COc1cc(C)nc(CN2CCCCC2CC(C)O)c1. The van der Waals surface area contributed by atoms with E-state index in [0.717, 1.165) is 36.6 Å². The highest BCUT2D eigenvalue weighted by molar-refractivity contribution is 5.26. The lowest BCUT2D eigenvalue weighted by Gasteiger charge is -2.36. The second kappa shape index (κ2) is 7.04. The number of likely N-dealkylation sites (tertiary alicyclic amines) is 1. The van der Waals surface area contributed by atoms with Gasteiger partial charge in [0, 0.05) is 30.4 Å². The van der Waals surface area contributed by atoms with E-state index in [0.29, 0.717) is 6.04 Å². The van der Waals surface area contributed by atoms with Crippen LogP contribution in [-0.4, -0.2) is 40.8 Å². The van der Waals surface area contributed by atoms with Crippen LogP contribution in [0.1, 0.15) is 44.0 Å². The fraction of sp³-hybridized carbons (Fsp3) is 0.688. The minimum atomic E-state index is -0.236. The standard InChI is InChI=1S/C16H26N2O2/c1-12-8-16(20-3)10-14(17-12)11-18-7-5-4-6-15(18)9-13(2)19/h8,10,13,15,19H,4-7,9,11H2,1-3H3. The molecule has 1 N–H and O–H groups in total. The summed E-state index contributed by atoms with van der Waals surface area (Å²) in [7, 11) is 1.69. The van der Waals surface area contributed by atoms with Crippen LogP contribution in [-0.2, 0) is 6.54 Å². The monoisotopic (exact) mass is 278 g/mol. The fourth-order valence-electron chi connectivity index (χ4n) is 3.04. The van der Waals surface area contributed by atoms with Gasteiger partial charge in [0.15, 0.2) is 0 Å². The summed E-state index contributed by atoms with van der Waals surface area (Å²) in [6.07, 6.45) is 4.29. The van der Waals surface area contributed by atoms with Crippen LogP contribution in [0.5, 0.6) is 5.75 Å². The lowest BCUT2D eigenvalue weighted by atomic mass is 9.97.